The van der Waals surface area contributed by atoms with Gasteiger partial charge < -0.3 is 15.8 Å². The number of methoxy groups -OCH3 is 1. The summed E-state index contributed by atoms with van der Waals surface area (Å²) in [5, 5.41) is 2.92. The molecule has 1 unspecified atom stereocenters. The van der Waals surface area contributed by atoms with Crippen molar-refractivity contribution in [3.8, 4) is 0 Å². The number of benzene rings is 1. The van der Waals surface area contributed by atoms with Crippen molar-refractivity contribution in [2.75, 3.05) is 26.8 Å². The molecule has 128 valence electrons. The molecule has 0 aliphatic carbocycles. The fraction of sp³-hybridized carbons (Fsp3) is 0.562. The van der Waals surface area contributed by atoms with E-state index in [1.807, 2.05) is 0 Å². The maximum atomic E-state index is 13.2. The van der Waals surface area contributed by atoms with Gasteiger partial charge in [-0.05, 0) is 30.5 Å². The second kappa shape index (κ2) is 8.33. The number of piperidine rings is 1. The quantitative estimate of drug-likeness (QED) is 0.819. The van der Waals surface area contributed by atoms with Gasteiger partial charge in [0.15, 0.2) is 11.6 Å². The van der Waals surface area contributed by atoms with Gasteiger partial charge in [0.05, 0.1) is 6.61 Å². The lowest BCUT2D eigenvalue weighted by molar-refractivity contribution is -0.124. The highest BCUT2D eigenvalue weighted by molar-refractivity contribution is 5.81. The van der Waals surface area contributed by atoms with E-state index in [4.69, 9.17) is 10.5 Å². The minimum absolute atomic E-state index is 0.0895. The van der Waals surface area contributed by atoms with Crippen LogP contribution in [0.5, 0.6) is 0 Å². The lowest BCUT2D eigenvalue weighted by Gasteiger charge is -2.32. The third kappa shape index (κ3) is 5.23. The van der Waals surface area contributed by atoms with Gasteiger partial charge in [-0.1, -0.05) is 6.07 Å². The van der Waals surface area contributed by atoms with Gasteiger partial charge in [-0.3, -0.25) is 9.69 Å². The molecule has 3 N–H and O–H groups in total. The second-order valence-electron chi connectivity index (χ2n) is 5.87. The van der Waals surface area contributed by atoms with Gasteiger partial charge >= 0.3 is 0 Å². The molecule has 1 heterocycles. The number of hydrogen-bond donors (Lipinski definition) is 2. The minimum atomic E-state index is -0.831. The summed E-state index contributed by atoms with van der Waals surface area (Å²) in [5.74, 6) is -1.86. The average molecular weight is 327 g/mol. The smallest absolute Gasteiger partial charge is 0.239 e. The summed E-state index contributed by atoms with van der Waals surface area (Å²) in [7, 11) is 1.50. The fourth-order valence-corrected chi connectivity index (χ4v) is 2.70. The van der Waals surface area contributed by atoms with E-state index in [-0.39, 0.29) is 18.6 Å². The van der Waals surface area contributed by atoms with Crippen molar-refractivity contribution in [2.45, 2.75) is 31.5 Å². The standard InChI is InChI=1S/C16H23F2N3O2/c1-23-10-15(19)16(22)20-12-4-6-21(7-5-12)9-11-2-3-13(17)14(18)8-11/h2-3,8,12,15H,4-7,9-10,19H2,1H3,(H,20,22). The molecule has 23 heavy (non-hydrogen) atoms. The predicted octanol–water partition coefficient (Wildman–Crippen LogP) is 1.02. The van der Waals surface area contributed by atoms with E-state index in [2.05, 4.69) is 10.2 Å². The summed E-state index contributed by atoms with van der Waals surface area (Å²) in [4.78, 5) is 14.0. The molecule has 1 amide bonds. The molecule has 0 spiro atoms. The predicted molar refractivity (Wildman–Crippen MR) is 82.7 cm³/mol. The van der Waals surface area contributed by atoms with Gasteiger partial charge in [0.25, 0.3) is 0 Å². The van der Waals surface area contributed by atoms with Crippen molar-refractivity contribution in [1.29, 1.82) is 0 Å². The molecule has 0 saturated carbocycles. The summed E-state index contributed by atoms with van der Waals surface area (Å²) < 4.78 is 31.0. The van der Waals surface area contributed by atoms with Gasteiger partial charge in [0.1, 0.15) is 6.04 Å². The normalized spacial score (nSPS) is 17.9. The Morgan fingerprint density at radius 3 is 2.70 bits per heavy atom. The topological polar surface area (TPSA) is 67.6 Å². The summed E-state index contributed by atoms with van der Waals surface area (Å²) in [5.41, 5.74) is 6.43. The van der Waals surface area contributed by atoms with E-state index in [1.54, 1.807) is 6.07 Å². The maximum absolute atomic E-state index is 13.2. The van der Waals surface area contributed by atoms with Gasteiger partial charge in [0, 0.05) is 32.8 Å². The Kier molecular flexibility index (Phi) is 6.44. The highest BCUT2D eigenvalue weighted by Gasteiger charge is 2.23. The lowest BCUT2D eigenvalue weighted by atomic mass is 10.0. The van der Waals surface area contributed by atoms with Crippen LogP contribution >= 0.6 is 0 Å². The Morgan fingerprint density at radius 1 is 1.39 bits per heavy atom. The molecule has 7 heteroatoms. The number of nitrogens with one attached hydrogen (secondary N) is 1. The van der Waals surface area contributed by atoms with Crippen LogP contribution in [0.4, 0.5) is 8.78 Å². The summed E-state index contributed by atoms with van der Waals surface area (Å²) in [6, 6.07) is 3.41. The van der Waals surface area contributed by atoms with E-state index in [1.165, 1.54) is 13.2 Å². The van der Waals surface area contributed by atoms with Crippen LogP contribution in [0.25, 0.3) is 0 Å². The largest absolute Gasteiger partial charge is 0.383 e. The number of nitrogens with two attached hydrogens (primary N) is 1. The molecule has 0 radical (unpaired) electrons. The van der Waals surface area contributed by atoms with Crippen LogP contribution in [0.3, 0.4) is 0 Å². The van der Waals surface area contributed by atoms with E-state index in [0.717, 1.165) is 37.6 Å². The number of likely N-dealkylation sites (tertiary alicyclic amines) is 1. The van der Waals surface area contributed by atoms with Gasteiger partial charge in [0.2, 0.25) is 5.91 Å². The number of carbonyl (C=O) groups is 1. The van der Waals surface area contributed by atoms with Gasteiger partial charge in [-0.2, -0.15) is 0 Å². The first-order valence-electron chi connectivity index (χ1n) is 7.70. The molecule has 1 aliphatic heterocycles. The number of carbonyl (C=O) groups excluding carboxylic acids is 1. The highest BCUT2D eigenvalue weighted by atomic mass is 19.2. The number of nitrogens with zero attached hydrogens (tertiary/aromatic N) is 1. The molecule has 0 bridgehead atoms. The zero-order chi connectivity index (χ0) is 16.8. The van der Waals surface area contributed by atoms with Crippen LogP contribution in [0.2, 0.25) is 0 Å². The average Bonchev–Trinajstić information content (AvgIpc) is 2.53. The molecule has 1 saturated heterocycles. The zero-order valence-electron chi connectivity index (χ0n) is 13.2. The Balaban J connectivity index is 1.77. The molecule has 1 aromatic rings. The Hall–Kier alpha value is -1.57. The number of rotatable bonds is 6. The fourth-order valence-electron chi connectivity index (χ4n) is 2.70. The van der Waals surface area contributed by atoms with Gasteiger partial charge in [-0.25, -0.2) is 8.78 Å². The summed E-state index contributed by atoms with van der Waals surface area (Å²) in [6.45, 7) is 2.33. The van der Waals surface area contributed by atoms with Crippen molar-refractivity contribution in [1.82, 2.24) is 10.2 Å². The molecule has 5 nitrogen and oxygen atoms in total. The van der Waals surface area contributed by atoms with Crippen LogP contribution in [0.15, 0.2) is 18.2 Å². The lowest BCUT2D eigenvalue weighted by Crippen LogP contribution is -2.50. The van der Waals surface area contributed by atoms with E-state index in [0.29, 0.717) is 6.54 Å². The third-order valence-corrected chi connectivity index (χ3v) is 4.01. The number of ether oxygens (including phenoxy) is 1. The number of hydrogen-bond acceptors (Lipinski definition) is 4. The molecular formula is C16H23F2N3O2. The Labute approximate surface area is 134 Å². The zero-order valence-corrected chi connectivity index (χ0v) is 13.2. The molecule has 2 rings (SSSR count). The van der Waals surface area contributed by atoms with Crippen LogP contribution in [-0.2, 0) is 16.1 Å². The van der Waals surface area contributed by atoms with Crippen LogP contribution in [-0.4, -0.2) is 49.7 Å². The first-order valence-corrected chi connectivity index (χ1v) is 7.70. The Bertz CT molecular complexity index is 534. The maximum Gasteiger partial charge on any atom is 0.239 e. The number of halogens is 2. The van der Waals surface area contributed by atoms with Crippen molar-refractivity contribution in [2.24, 2.45) is 5.73 Å². The summed E-state index contributed by atoms with van der Waals surface area (Å²) in [6.07, 6.45) is 1.60. The van der Waals surface area contributed by atoms with E-state index >= 15 is 0 Å². The summed E-state index contributed by atoms with van der Waals surface area (Å²) >= 11 is 0. The highest BCUT2D eigenvalue weighted by Crippen LogP contribution is 2.16. The Morgan fingerprint density at radius 2 is 2.09 bits per heavy atom. The van der Waals surface area contributed by atoms with Crippen molar-refractivity contribution >= 4 is 5.91 Å². The SMILES string of the molecule is COCC(N)C(=O)NC1CCN(Cc2ccc(F)c(F)c2)CC1. The van der Waals surface area contributed by atoms with E-state index in [9.17, 15) is 13.6 Å². The first kappa shape index (κ1) is 17.8. The van der Waals surface area contributed by atoms with E-state index < -0.39 is 17.7 Å². The monoisotopic (exact) mass is 327 g/mol. The van der Waals surface area contributed by atoms with Crippen molar-refractivity contribution in [3.63, 3.8) is 0 Å². The van der Waals surface area contributed by atoms with Crippen molar-refractivity contribution in [3.05, 3.63) is 35.4 Å². The third-order valence-electron chi connectivity index (χ3n) is 4.01. The molecule has 1 fully saturated rings. The molecular weight excluding hydrogens is 304 g/mol. The first-order chi connectivity index (χ1) is 11.0. The second-order valence-corrected chi connectivity index (χ2v) is 5.87. The molecule has 1 atom stereocenters. The minimum Gasteiger partial charge on any atom is -0.383 e. The van der Waals surface area contributed by atoms with Gasteiger partial charge in [-0.15, -0.1) is 0 Å². The van der Waals surface area contributed by atoms with Crippen LogP contribution < -0.4 is 11.1 Å². The molecule has 1 aromatic carbocycles. The van der Waals surface area contributed by atoms with Crippen LogP contribution in [0.1, 0.15) is 18.4 Å². The molecule has 1 aliphatic rings. The molecule has 0 aromatic heterocycles. The van der Waals surface area contributed by atoms with Crippen LogP contribution in [0, 0.1) is 11.6 Å². The number of amides is 1. The van der Waals surface area contributed by atoms with Crippen molar-refractivity contribution < 1.29 is 18.3 Å².